The van der Waals surface area contributed by atoms with Crippen LogP contribution < -0.4 is 14.8 Å². The van der Waals surface area contributed by atoms with Crippen molar-refractivity contribution in [1.82, 2.24) is 20.2 Å². The zero-order valence-corrected chi connectivity index (χ0v) is 15.0. The highest BCUT2D eigenvalue weighted by atomic mass is 16.5. The quantitative estimate of drug-likeness (QED) is 0.747. The second-order valence-electron chi connectivity index (χ2n) is 6.28. The molecule has 4 rings (SSSR count). The second-order valence-corrected chi connectivity index (χ2v) is 6.28. The maximum absolute atomic E-state index is 12.8. The fourth-order valence-corrected chi connectivity index (χ4v) is 3.08. The topological polar surface area (TPSA) is 91.2 Å². The molecule has 2 aromatic carbocycles. The smallest absolute Gasteiger partial charge is 0.255 e. The lowest BCUT2D eigenvalue weighted by Gasteiger charge is -2.14. The molecule has 0 saturated carbocycles. The SMILES string of the molecule is CCOc1cc2c(cc1NC(=O)c1cccc(-n3cnnn3)c1)O[C@H](C)C2. The Morgan fingerprint density at radius 2 is 2.26 bits per heavy atom. The molecule has 2 heterocycles. The zero-order chi connectivity index (χ0) is 18.8. The molecule has 138 valence electrons. The number of fused-ring (bicyclic) bond motifs is 1. The van der Waals surface area contributed by atoms with Crippen LogP contribution in [0.3, 0.4) is 0 Å². The first kappa shape index (κ1) is 17.0. The van der Waals surface area contributed by atoms with E-state index in [1.54, 1.807) is 18.2 Å². The predicted molar refractivity (Wildman–Crippen MR) is 98.5 cm³/mol. The van der Waals surface area contributed by atoms with Gasteiger partial charge in [-0.3, -0.25) is 4.79 Å². The third-order valence-electron chi connectivity index (χ3n) is 4.27. The van der Waals surface area contributed by atoms with Crippen LogP contribution in [0.4, 0.5) is 5.69 Å². The Kier molecular flexibility index (Phi) is 4.45. The number of amides is 1. The van der Waals surface area contributed by atoms with Crippen molar-refractivity contribution in [3.05, 3.63) is 53.9 Å². The molecular weight excluding hydrogens is 346 g/mol. The summed E-state index contributed by atoms with van der Waals surface area (Å²) in [6.07, 6.45) is 2.43. The second kappa shape index (κ2) is 7.06. The Balaban J connectivity index is 1.61. The van der Waals surface area contributed by atoms with Gasteiger partial charge >= 0.3 is 0 Å². The number of nitrogens with one attached hydrogen (secondary N) is 1. The minimum absolute atomic E-state index is 0.119. The number of hydrogen-bond donors (Lipinski definition) is 1. The van der Waals surface area contributed by atoms with E-state index in [4.69, 9.17) is 9.47 Å². The van der Waals surface area contributed by atoms with E-state index in [0.717, 1.165) is 17.7 Å². The van der Waals surface area contributed by atoms with Gasteiger partial charge in [0.05, 0.1) is 18.0 Å². The van der Waals surface area contributed by atoms with Crippen LogP contribution in [0.1, 0.15) is 29.8 Å². The van der Waals surface area contributed by atoms with Gasteiger partial charge in [0.25, 0.3) is 5.91 Å². The Morgan fingerprint density at radius 3 is 3.04 bits per heavy atom. The number of tetrazole rings is 1. The number of ether oxygens (including phenoxy) is 2. The highest BCUT2D eigenvalue weighted by molar-refractivity contribution is 6.05. The Bertz CT molecular complexity index is 971. The van der Waals surface area contributed by atoms with Gasteiger partial charge in [0.2, 0.25) is 0 Å². The van der Waals surface area contributed by atoms with Crippen molar-refractivity contribution < 1.29 is 14.3 Å². The molecule has 0 fully saturated rings. The van der Waals surface area contributed by atoms with Crippen LogP contribution in [0.15, 0.2) is 42.7 Å². The molecule has 1 atom stereocenters. The van der Waals surface area contributed by atoms with Gasteiger partial charge in [0.15, 0.2) is 0 Å². The highest BCUT2D eigenvalue weighted by Gasteiger charge is 2.23. The average molecular weight is 365 g/mol. The van der Waals surface area contributed by atoms with E-state index < -0.39 is 0 Å². The molecule has 1 aromatic heterocycles. The Hall–Kier alpha value is -3.42. The van der Waals surface area contributed by atoms with Crippen molar-refractivity contribution in [2.45, 2.75) is 26.4 Å². The zero-order valence-electron chi connectivity index (χ0n) is 15.0. The van der Waals surface area contributed by atoms with E-state index in [1.165, 1.54) is 11.0 Å². The Morgan fingerprint density at radius 1 is 1.37 bits per heavy atom. The molecule has 0 bridgehead atoms. The van der Waals surface area contributed by atoms with E-state index in [0.29, 0.717) is 29.3 Å². The van der Waals surface area contributed by atoms with Crippen molar-refractivity contribution in [2.75, 3.05) is 11.9 Å². The number of carbonyl (C=O) groups excluding carboxylic acids is 1. The van der Waals surface area contributed by atoms with E-state index in [-0.39, 0.29) is 12.0 Å². The number of benzene rings is 2. The van der Waals surface area contributed by atoms with Gasteiger partial charge in [0.1, 0.15) is 23.9 Å². The third kappa shape index (κ3) is 3.46. The molecule has 1 amide bonds. The molecule has 0 saturated heterocycles. The fraction of sp³-hybridized carbons (Fsp3) is 0.263. The van der Waals surface area contributed by atoms with E-state index in [2.05, 4.69) is 20.8 Å². The summed E-state index contributed by atoms with van der Waals surface area (Å²) in [5.41, 5.74) is 2.86. The lowest BCUT2D eigenvalue weighted by molar-refractivity contribution is 0.102. The normalized spacial score (nSPS) is 15.1. The molecule has 0 radical (unpaired) electrons. The van der Waals surface area contributed by atoms with Gasteiger partial charge < -0.3 is 14.8 Å². The lowest BCUT2D eigenvalue weighted by atomic mass is 10.1. The molecule has 0 aliphatic carbocycles. The first-order chi connectivity index (χ1) is 13.1. The number of nitrogens with zero attached hydrogens (tertiary/aromatic N) is 4. The van der Waals surface area contributed by atoms with Crippen molar-refractivity contribution >= 4 is 11.6 Å². The molecule has 0 unspecified atom stereocenters. The van der Waals surface area contributed by atoms with Crippen LogP contribution >= 0.6 is 0 Å². The summed E-state index contributed by atoms with van der Waals surface area (Å²) in [6, 6.07) is 10.8. The number of anilines is 1. The molecule has 0 spiro atoms. The predicted octanol–water partition coefficient (Wildman–Crippen LogP) is 2.64. The fourth-order valence-electron chi connectivity index (χ4n) is 3.08. The van der Waals surface area contributed by atoms with E-state index >= 15 is 0 Å². The summed E-state index contributed by atoms with van der Waals surface area (Å²) in [6.45, 7) is 4.43. The summed E-state index contributed by atoms with van der Waals surface area (Å²) >= 11 is 0. The molecule has 1 N–H and O–H groups in total. The molecule has 1 aliphatic rings. The third-order valence-corrected chi connectivity index (χ3v) is 4.27. The molecule has 8 nitrogen and oxygen atoms in total. The monoisotopic (exact) mass is 365 g/mol. The first-order valence-corrected chi connectivity index (χ1v) is 8.75. The maximum Gasteiger partial charge on any atom is 0.255 e. The standard InChI is InChI=1S/C19H19N5O3/c1-3-26-18-9-14-7-12(2)27-17(14)10-16(18)21-19(25)13-5-4-6-15(8-13)24-11-20-22-23-24/h4-6,8-12H,3,7H2,1-2H3,(H,21,25)/t12-/m1/s1. The molecule has 27 heavy (non-hydrogen) atoms. The number of rotatable bonds is 5. The number of hydrogen-bond acceptors (Lipinski definition) is 6. The lowest BCUT2D eigenvalue weighted by Crippen LogP contribution is -2.13. The van der Waals surface area contributed by atoms with Crippen LogP contribution in [0.25, 0.3) is 5.69 Å². The highest BCUT2D eigenvalue weighted by Crippen LogP contribution is 2.38. The number of carbonyl (C=O) groups is 1. The van der Waals surface area contributed by atoms with Gasteiger partial charge in [0, 0.05) is 23.6 Å². The van der Waals surface area contributed by atoms with Gasteiger partial charge in [-0.05, 0) is 48.5 Å². The molecule has 1 aliphatic heterocycles. The molecule has 8 heteroatoms. The minimum atomic E-state index is -0.253. The Labute approximate surface area is 156 Å². The summed E-state index contributed by atoms with van der Waals surface area (Å²) in [7, 11) is 0. The first-order valence-electron chi connectivity index (χ1n) is 8.75. The summed E-state index contributed by atoms with van der Waals surface area (Å²) in [5, 5.41) is 14.0. The molecular formula is C19H19N5O3. The maximum atomic E-state index is 12.8. The van der Waals surface area contributed by atoms with Gasteiger partial charge in [-0.15, -0.1) is 5.10 Å². The summed E-state index contributed by atoms with van der Waals surface area (Å²) in [5.74, 6) is 1.17. The van der Waals surface area contributed by atoms with Crippen molar-refractivity contribution in [3.63, 3.8) is 0 Å². The summed E-state index contributed by atoms with van der Waals surface area (Å²) < 4.78 is 13.0. The largest absolute Gasteiger partial charge is 0.492 e. The van der Waals surface area contributed by atoms with E-state index in [9.17, 15) is 4.79 Å². The van der Waals surface area contributed by atoms with Crippen LogP contribution in [-0.4, -0.2) is 38.8 Å². The van der Waals surface area contributed by atoms with Gasteiger partial charge in [-0.25, -0.2) is 4.68 Å². The summed E-state index contributed by atoms with van der Waals surface area (Å²) in [4.78, 5) is 12.8. The number of aromatic nitrogens is 4. The van der Waals surface area contributed by atoms with Crippen LogP contribution in [0.5, 0.6) is 11.5 Å². The van der Waals surface area contributed by atoms with Crippen LogP contribution in [-0.2, 0) is 6.42 Å². The van der Waals surface area contributed by atoms with E-state index in [1.807, 2.05) is 32.0 Å². The molecule has 3 aromatic rings. The van der Waals surface area contributed by atoms with Crippen LogP contribution in [0, 0.1) is 0 Å². The van der Waals surface area contributed by atoms with Crippen molar-refractivity contribution in [2.24, 2.45) is 0 Å². The van der Waals surface area contributed by atoms with Gasteiger partial charge in [-0.1, -0.05) is 6.07 Å². The van der Waals surface area contributed by atoms with Crippen molar-refractivity contribution in [3.8, 4) is 17.2 Å². The van der Waals surface area contributed by atoms with Gasteiger partial charge in [-0.2, -0.15) is 0 Å². The minimum Gasteiger partial charge on any atom is -0.492 e. The van der Waals surface area contributed by atoms with Crippen LogP contribution in [0.2, 0.25) is 0 Å². The van der Waals surface area contributed by atoms with Crippen molar-refractivity contribution in [1.29, 1.82) is 0 Å². The average Bonchev–Trinajstić information content (AvgIpc) is 3.31.